The van der Waals surface area contributed by atoms with Gasteiger partial charge in [-0.1, -0.05) is 6.08 Å². The van der Waals surface area contributed by atoms with Crippen LogP contribution < -0.4 is 5.11 Å². The molecular weight excluding hydrogens is 168 g/mol. The van der Waals surface area contributed by atoms with Crippen molar-refractivity contribution in [3.05, 3.63) is 41.9 Å². The van der Waals surface area contributed by atoms with E-state index in [1.54, 1.807) is 37.5 Å². The Balaban J connectivity index is 2.64. The van der Waals surface area contributed by atoms with Crippen molar-refractivity contribution in [1.82, 2.24) is 0 Å². The Hall–Kier alpha value is -1.77. The van der Waals surface area contributed by atoms with Crippen LogP contribution in [0.1, 0.15) is 12.7 Å². The van der Waals surface area contributed by atoms with Crippen molar-refractivity contribution >= 4 is 12.0 Å². The van der Waals surface area contributed by atoms with E-state index in [0.29, 0.717) is 11.3 Å². The fourth-order valence-electron chi connectivity index (χ4n) is 0.834. The lowest BCUT2D eigenvalue weighted by Crippen LogP contribution is -2.19. The van der Waals surface area contributed by atoms with E-state index in [1.165, 1.54) is 0 Å². The maximum Gasteiger partial charge on any atom is 0.126 e. The van der Waals surface area contributed by atoms with Gasteiger partial charge in [-0.25, -0.2) is 0 Å². The largest absolute Gasteiger partial charge is 0.545 e. The highest BCUT2D eigenvalue weighted by Gasteiger charge is 1.87. The summed E-state index contributed by atoms with van der Waals surface area (Å²) in [4.78, 5) is 10.1. The Bertz CT molecular complexity index is 331. The first kappa shape index (κ1) is 9.32. The quantitative estimate of drug-likeness (QED) is 0.511. The van der Waals surface area contributed by atoms with Crippen molar-refractivity contribution in [2.45, 2.75) is 6.92 Å². The topological polar surface area (TPSA) is 53.3 Å². The molecule has 0 aromatic carbocycles. The minimum absolute atomic E-state index is 0.608. The van der Waals surface area contributed by atoms with E-state index in [9.17, 15) is 9.90 Å². The molecule has 1 aromatic heterocycles. The van der Waals surface area contributed by atoms with E-state index in [2.05, 4.69) is 0 Å². The fourth-order valence-corrected chi connectivity index (χ4v) is 0.834. The van der Waals surface area contributed by atoms with Crippen LogP contribution in [0.3, 0.4) is 0 Å². The molecule has 13 heavy (non-hydrogen) atoms. The summed E-state index contributed by atoms with van der Waals surface area (Å²) in [5, 5.41) is 10.1. The molecule has 3 heteroatoms. The van der Waals surface area contributed by atoms with Crippen LogP contribution in [-0.4, -0.2) is 5.97 Å². The van der Waals surface area contributed by atoms with Gasteiger partial charge < -0.3 is 14.3 Å². The number of carboxylic acid groups (broad SMARTS) is 1. The lowest BCUT2D eigenvalue weighted by atomic mass is 10.2. The monoisotopic (exact) mass is 177 g/mol. The van der Waals surface area contributed by atoms with Gasteiger partial charge in [0.25, 0.3) is 0 Å². The highest BCUT2D eigenvalue weighted by molar-refractivity contribution is 5.79. The average Bonchev–Trinajstić information content (AvgIpc) is 2.51. The van der Waals surface area contributed by atoms with E-state index in [0.717, 1.165) is 6.08 Å². The number of hydrogen-bond donors (Lipinski definition) is 0. The van der Waals surface area contributed by atoms with Gasteiger partial charge in [-0.2, -0.15) is 0 Å². The maximum absolute atomic E-state index is 10.1. The van der Waals surface area contributed by atoms with Crippen LogP contribution >= 0.6 is 0 Å². The third-order valence-corrected chi connectivity index (χ3v) is 1.40. The molecule has 0 amide bonds. The van der Waals surface area contributed by atoms with Crippen LogP contribution in [0.25, 0.3) is 6.08 Å². The molecular formula is C10H9O3-. The number of carbonyl (C=O) groups excluding carboxylic acids is 1. The number of furan rings is 1. The third kappa shape index (κ3) is 3.42. The first-order chi connectivity index (χ1) is 6.18. The van der Waals surface area contributed by atoms with E-state index < -0.39 is 5.97 Å². The number of hydrogen-bond acceptors (Lipinski definition) is 3. The summed E-state index contributed by atoms with van der Waals surface area (Å²) < 4.78 is 5.01. The lowest BCUT2D eigenvalue weighted by molar-refractivity contribution is -0.297. The normalized spacial score (nSPS) is 12.2. The third-order valence-electron chi connectivity index (χ3n) is 1.40. The molecule has 0 fully saturated rings. The summed E-state index contributed by atoms with van der Waals surface area (Å²) in [7, 11) is 0. The number of aliphatic carboxylic acids is 1. The van der Waals surface area contributed by atoms with Gasteiger partial charge in [0.2, 0.25) is 0 Å². The maximum atomic E-state index is 10.1. The minimum Gasteiger partial charge on any atom is -0.545 e. The molecule has 1 heterocycles. The highest BCUT2D eigenvalue weighted by atomic mass is 16.4. The van der Waals surface area contributed by atoms with Crippen LogP contribution in [0.15, 0.2) is 40.5 Å². The Morgan fingerprint density at radius 1 is 1.62 bits per heavy atom. The zero-order valence-electron chi connectivity index (χ0n) is 7.19. The number of carbonyl (C=O) groups is 1. The molecule has 1 rings (SSSR count). The van der Waals surface area contributed by atoms with Gasteiger partial charge in [0.1, 0.15) is 5.76 Å². The SMILES string of the molecule is CC(C=Cc1ccco1)=CC(=O)[O-]. The van der Waals surface area contributed by atoms with Crippen molar-refractivity contribution in [1.29, 1.82) is 0 Å². The Morgan fingerprint density at radius 3 is 2.92 bits per heavy atom. The van der Waals surface area contributed by atoms with Crippen LogP contribution in [0.5, 0.6) is 0 Å². The van der Waals surface area contributed by atoms with Crippen LogP contribution in [0.4, 0.5) is 0 Å². The summed E-state index contributed by atoms with van der Waals surface area (Å²) in [6.45, 7) is 1.68. The predicted molar refractivity (Wildman–Crippen MR) is 46.5 cm³/mol. The molecule has 0 saturated carbocycles. The smallest absolute Gasteiger partial charge is 0.126 e. The second kappa shape index (κ2) is 4.30. The second-order valence-corrected chi connectivity index (χ2v) is 2.56. The predicted octanol–water partition coefficient (Wildman–Crippen LogP) is 0.989. The summed E-state index contributed by atoms with van der Waals surface area (Å²) in [5.74, 6) is -0.507. The van der Waals surface area contributed by atoms with Crippen LogP contribution in [0, 0.1) is 0 Å². The Morgan fingerprint density at radius 2 is 2.38 bits per heavy atom. The molecule has 0 unspecified atom stereocenters. The Kier molecular flexibility index (Phi) is 3.09. The highest BCUT2D eigenvalue weighted by Crippen LogP contribution is 2.04. The van der Waals surface area contributed by atoms with E-state index in [4.69, 9.17) is 4.42 Å². The number of rotatable bonds is 3. The van der Waals surface area contributed by atoms with E-state index in [-0.39, 0.29) is 0 Å². The first-order valence-corrected chi connectivity index (χ1v) is 3.79. The second-order valence-electron chi connectivity index (χ2n) is 2.56. The summed E-state index contributed by atoms with van der Waals surface area (Å²) in [6.07, 6.45) is 5.92. The zero-order chi connectivity index (χ0) is 9.68. The standard InChI is InChI=1S/C10H10O3/c1-8(7-10(11)12)4-5-9-3-2-6-13-9/h2-7H,1H3,(H,11,12)/p-1. The molecule has 3 nitrogen and oxygen atoms in total. The molecule has 68 valence electrons. The summed E-state index contributed by atoms with van der Waals surface area (Å²) >= 11 is 0. The number of carboxylic acids is 1. The molecule has 0 aliphatic heterocycles. The van der Waals surface area contributed by atoms with E-state index >= 15 is 0 Å². The average molecular weight is 177 g/mol. The molecule has 0 atom stereocenters. The molecule has 1 aromatic rings. The zero-order valence-corrected chi connectivity index (χ0v) is 7.19. The van der Waals surface area contributed by atoms with Gasteiger partial charge in [0.15, 0.2) is 0 Å². The molecule has 0 aliphatic carbocycles. The first-order valence-electron chi connectivity index (χ1n) is 3.79. The van der Waals surface area contributed by atoms with Crippen LogP contribution in [-0.2, 0) is 4.79 Å². The number of allylic oxidation sites excluding steroid dienone is 2. The summed E-state index contributed by atoms with van der Waals surface area (Å²) in [6, 6.07) is 3.54. The van der Waals surface area contributed by atoms with Gasteiger partial charge in [-0.05, 0) is 36.8 Å². The van der Waals surface area contributed by atoms with Gasteiger partial charge in [-0.3, -0.25) is 0 Å². The molecule has 0 spiro atoms. The van der Waals surface area contributed by atoms with Gasteiger partial charge in [-0.15, -0.1) is 0 Å². The van der Waals surface area contributed by atoms with Crippen molar-refractivity contribution in [3.8, 4) is 0 Å². The molecule has 0 N–H and O–H groups in total. The van der Waals surface area contributed by atoms with Gasteiger partial charge >= 0.3 is 0 Å². The molecule has 0 saturated heterocycles. The fraction of sp³-hybridized carbons (Fsp3) is 0.100. The van der Waals surface area contributed by atoms with Gasteiger partial charge in [0, 0.05) is 0 Å². The van der Waals surface area contributed by atoms with Gasteiger partial charge in [0.05, 0.1) is 12.2 Å². The van der Waals surface area contributed by atoms with Crippen molar-refractivity contribution in [3.63, 3.8) is 0 Å². The molecule has 0 bridgehead atoms. The van der Waals surface area contributed by atoms with Crippen molar-refractivity contribution < 1.29 is 14.3 Å². The van der Waals surface area contributed by atoms with Crippen molar-refractivity contribution in [2.75, 3.05) is 0 Å². The van der Waals surface area contributed by atoms with E-state index in [1.807, 2.05) is 0 Å². The van der Waals surface area contributed by atoms with Crippen molar-refractivity contribution in [2.24, 2.45) is 0 Å². The van der Waals surface area contributed by atoms with Crippen LogP contribution in [0.2, 0.25) is 0 Å². The molecule has 0 radical (unpaired) electrons. The summed E-state index contributed by atoms with van der Waals surface area (Å²) in [5.41, 5.74) is 0.608. The lowest BCUT2D eigenvalue weighted by Gasteiger charge is -1.93. The Labute approximate surface area is 76.0 Å². The molecule has 0 aliphatic rings. The minimum atomic E-state index is -1.19.